The predicted octanol–water partition coefficient (Wildman–Crippen LogP) is 5.28. The molecule has 5 rings (SSSR count). The highest BCUT2D eigenvalue weighted by Gasteiger charge is 2.31. The van der Waals surface area contributed by atoms with Crippen LogP contribution in [-0.2, 0) is 18.4 Å². The molecule has 0 aliphatic heterocycles. The smallest absolute Gasteiger partial charge is 0.141 e. The van der Waals surface area contributed by atoms with E-state index < -0.39 is 5.60 Å². The highest BCUT2D eigenvalue weighted by Crippen LogP contribution is 2.36. The highest BCUT2D eigenvalue weighted by atomic mass is 35.5. The molecule has 6 heteroatoms. The van der Waals surface area contributed by atoms with E-state index in [2.05, 4.69) is 28.1 Å². The lowest BCUT2D eigenvalue weighted by Crippen LogP contribution is -2.37. The summed E-state index contributed by atoms with van der Waals surface area (Å²) in [6.07, 6.45) is 6.51. The Morgan fingerprint density at radius 2 is 1.88 bits per heavy atom. The highest BCUT2D eigenvalue weighted by molar-refractivity contribution is 6.31. The summed E-state index contributed by atoms with van der Waals surface area (Å²) in [6, 6.07) is 15.0. The standard InChI is InChI=1S/C27H31ClN4O/c1-27(2,33)26-31-24-14-21(28)5-10-25(24)32(26)23-8-6-22(7-9-23)30-16-18-12-19-4-3-17(15-29)11-20(19)13-18/h3-5,10-11,14,18,22-23,30,33H,6-9,12-13,16H2,1-2H3/t18-,22-,23+/m1/s1. The Labute approximate surface area is 200 Å². The average Bonchev–Trinajstić information content (AvgIpc) is 3.38. The quantitative estimate of drug-likeness (QED) is 0.541. The first-order valence-corrected chi connectivity index (χ1v) is 12.3. The number of halogens is 1. The first-order valence-electron chi connectivity index (χ1n) is 12.0. The molecule has 0 unspecified atom stereocenters. The van der Waals surface area contributed by atoms with Crippen molar-refractivity contribution < 1.29 is 5.11 Å². The SMILES string of the molecule is CC(C)(O)c1nc2cc(Cl)ccc2n1[C@H]1CC[C@@H](NC[C@@H]2Cc3ccc(C#N)cc3C2)CC1. The van der Waals surface area contributed by atoms with E-state index in [1.807, 2.05) is 24.3 Å². The van der Waals surface area contributed by atoms with Crippen molar-refractivity contribution in [2.24, 2.45) is 5.92 Å². The Morgan fingerprint density at radius 3 is 2.61 bits per heavy atom. The molecular weight excluding hydrogens is 432 g/mol. The predicted molar refractivity (Wildman–Crippen MR) is 131 cm³/mol. The molecule has 2 aliphatic carbocycles. The number of benzene rings is 2. The molecule has 0 bridgehead atoms. The van der Waals surface area contributed by atoms with Crippen LogP contribution in [-0.4, -0.2) is 27.2 Å². The third-order valence-electron chi connectivity index (χ3n) is 7.31. The first-order chi connectivity index (χ1) is 15.8. The van der Waals surface area contributed by atoms with Crippen molar-refractivity contribution in [1.82, 2.24) is 14.9 Å². The van der Waals surface area contributed by atoms with Gasteiger partial charge in [0, 0.05) is 17.1 Å². The van der Waals surface area contributed by atoms with Crippen molar-refractivity contribution in [1.29, 1.82) is 5.26 Å². The fraction of sp³-hybridized carbons (Fsp3) is 0.481. The van der Waals surface area contributed by atoms with Crippen LogP contribution in [0.2, 0.25) is 5.02 Å². The molecule has 5 nitrogen and oxygen atoms in total. The minimum Gasteiger partial charge on any atom is -0.383 e. The topological polar surface area (TPSA) is 73.9 Å². The van der Waals surface area contributed by atoms with Crippen molar-refractivity contribution in [3.05, 3.63) is 63.9 Å². The van der Waals surface area contributed by atoms with Gasteiger partial charge in [0.2, 0.25) is 0 Å². The fourth-order valence-corrected chi connectivity index (χ4v) is 5.83. The molecule has 2 N–H and O–H groups in total. The Balaban J connectivity index is 1.22. The first kappa shape index (κ1) is 22.4. The Kier molecular flexibility index (Phi) is 5.95. The summed E-state index contributed by atoms with van der Waals surface area (Å²) < 4.78 is 2.25. The summed E-state index contributed by atoms with van der Waals surface area (Å²) in [4.78, 5) is 4.75. The minimum atomic E-state index is -1.01. The van der Waals surface area contributed by atoms with E-state index >= 15 is 0 Å². The van der Waals surface area contributed by atoms with Gasteiger partial charge in [0.1, 0.15) is 11.4 Å². The van der Waals surface area contributed by atoms with Crippen LogP contribution >= 0.6 is 11.6 Å². The van der Waals surface area contributed by atoms with Crippen LogP contribution < -0.4 is 5.32 Å². The number of nitriles is 1. The maximum absolute atomic E-state index is 10.8. The molecule has 0 amide bonds. The van der Waals surface area contributed by atoms with Crippen LogP contribution in [0.4, 0.5) is 0 Å². The molecule has 3 aromatic rings. The lowest BCUT2D eigenvalue weighted by Gasteiger charge is -2.33. The number of hydrogen-bond acceptors (Lipinski definition) is 4. The zero-order valence-corrected chi connectivity index (χ0v) is 20.1. The third kappa shape index (κ3) is 4.53. The van der Waals surface area contributed by atoms with E-state index in [4.69, 9.17) is 21.8 Å². The maximum atomic E-state index is 10.8. The largest absolute Gasteiger partial charge is 0.383 e. The van der Waals surface area contributed by atoms with E-state index in [1.165, 1.54) is 11.1 Å². The van der Waals surface area contributed by atoms with Crippen LogP contribution in [0.15, 0.2) is 36.4 Å². The number of nitrogens with one attached hydrogen (secondary N) is 1. The molecule has 1 fully saturated rings. The normalized spacial score (nSPS) is 22.9. The second-order valence-electron chi connectivity index (χ2n) is 10.3. The minimum absolute atomic E-state index is 0.329. The third-order valence-corrected chi connectivity index (χ3v) is 7.54. The summed E-state index contributed by atoms with van der Waals surface area (Å²) in [7, 11) is 0. The van der Waals surface area contributed by atoms with Gasteiger partial charge in [0.05, 0.1) is 22.7 Å². The molecule has 2 aliphatic rings. The molecule has 33 heavy (non-hydrogen) atoms. The molecular formula is C27H31ClN4O. The van der Waals surface area contributed by atoms with E-state index in [-0.39, 0.29) is 0 Å². The van der Waals surface area contributed by atoms with Gasteiger partial charge in [0.15, 0.2) is 0 Å². The monoisotopic (exact) mass is 462 g/mol. The van der Waals surface area contributed by atoms with Crippen molar-refractivity contribution >= 4 is 22.6 Å². The van der Waals surface area contributed by atoms with Gasteiger partial charge in [-0.3, -0.25) is 0 Å². The molecule has 1 heterocycles. The van der Waals surface area contributed by atoms with Gasteiger partial charge < -0.3 is 15.0 Å². The summed E-state index contributed by atoms with van der Waals surface area (Å²) in [5, 5.41) is 24.4. The van der Waals surface area contributed by atoms with Gasteiger partial charge in [0.25, 0.3) is 0 Å². The van der Waals surface area contributed by atoms with Crippen LogP contribution in [0.1, 0.15) is 68.1 Å². The second-order valence-corrected chi connectivity index (χ2v) is 10.7. The molecule has 1 saturated carbocycles. The number of aliphatic hydroxyl groups is 1. The molecule has 0 saturated heterocycles. The maximum Gasteiger partial charge on any atom is 0.141 e. The number of aromatic nitrogens is 2. The molecule has 1 aromatic heterocycles. The summed E-state index contributed by atoms with van der Waals surface area (Å²) in [5.74, 6) is 1.33. The van der Waals surface area contributed by atoms with Gasteiger partial charge in [-0.2, -0.15) is 5.26 Å². The van der Waals surface area contributed by atoms with Crippen LogP contribution in [0.25, 0.3) is 11.0 Å². The summed E-state index contributed by atoms with van der Waals surface area (Å²) >= 11 is 6.20. The average molecular weight is 463 g/mol. The van der Waals surface area contributed by atoms with Gasteiger partial charge >= 0.3 is 0 Å². The Hall–Kier alpha value is -2.39. The molecule has 0 spiro atoms. The number of hydrogen-bond donors (Lipinski definition) is 2. The van der Waals surface area contributed by atoms with E-state index in [0.29, 0.717) is 23.0 Å². The number of rotatable bonds is 5. The van der Waals surface area contributed by atoms with Crippen molar-refractivity contribution in [2.75, 3.05) is 6.54 Å². The second kappa shape index (κ2) is 8.76. The van der Waals surface area contributed by atoms with E-state index in [1.54, 1.807) is 13.8 Å². The van der Waals surface area contributed by atoms with Crippen molar-refractivity contribution in [3.63, 3.8) is 0 Å². The molecule has 0 radical (unpaired) electrons. The Morgan fingerprint density at radius 1 is 1.12 bits per heavy atom. The number of imidazole rings is 1. The molecule has 1 atom stereocenters. The van der Waals surface area contributed by atoms with Crippen LogP contribution in [0, 0.1) is 17.2 Å². The van der Waals surface area contributed by atoms with E-state index in [9.17, 15) is 5.11 Å². The lowest BCUT2D eigenvalue weighted by molar-refractivity contribution is 0.0620. The molecule has 172 valence electrons. The Bertz CT molecular complexity index is 1210. The van der Waals surface area contributed by atoms with Crippen molar-refractivity contribution in [2.45, 2.75) is 70.1 Å². The number of fused-ring (bicyclic) bond motifs is 2. The van der Waals surface area contributed by atoms with E-state index in [0.717, 1.165) is 67.5 Å². The van der Waals surface area contributed by atoms with Gasteiger partial charge in [-0.1, -0.05) is 17.7 Å². The van der Waals surface area contributed by atoms with Crippen molar-refractivity contribution in [3.8, 4) is 6.07 Å². The summed E-state index contributed by atoms with van der Waals surface area (Å²) in [6.45, 7) is 4.63. The lowest BCUT2D eigenvalue weighted by atomic mass is 9.90. The zero-order valence-electron chi connectivity index (χ0n) is 19.3. The van der Waals surface area contributed by atoms with Gasteiger partial charge in [-0.15, -0.1) is 0 Å². The van der Waals surface area contributed by atoms with Crippen LogP contribution in [0.3, 0.4) is 0 Å². The molecule has 2 aromatic carbocycles. The zero-order chi connectivity index (χ0) is 23.2. The number of nitrogens with zero attached hydrogens (tertiary/aromatic N) is 3. The fourth-order valence-electron chi connectivity index (χ4n) is 5.67. The van der Waals surface area contributed by atoms with Gasteiger partial charge in [-0.05, 0) is 106 Å². The van der Waals surface area contributed by atoms with Crippen LogP contribution in [0.5, 0.6) is 0 Å². The summed E-state index contributed by atoms with van der Waals surface area (Å²) in [5.41, 5.74) is 4.39. The van der Waals surface area contributed by atoms with Gasteiger partial charge in [-0.25, -0.2) is 4.98 Å².